The Balaban J connectivity index is 1.85. The molecule has 0 amide bonds. The van der Waals surface area contributed by atoms with Crippen molar-refractivity contribution in [1.29, 1.82) is 0 Å². The highest BCUT2D eigenvalue weighted by Gasteiger charge is 2.34. The SMILES string of the molecule is CC1CC(OC2CNC2)CC(C)(C)C1. The molecule has 2 nitrogen and oxygen atoms in total. The van der Waals surface area contributed by atoms with Crippen molar-refractivity contribution in [1.82, 2.24) is 5.32 Å². The van der Waals surface area contributed by atoms with E-state index in [4.69, 9.17) is 4.74 Å². The lowest BCUT2D eigenvalue weighted by Gasteiger charge is -2.41. The standard InChI is InChI=1S/C12H23NO/c1-9-4-10(6-12(2,3)5-9)14-11-7-13-8-11/h9-11,13H,4-8H2,1-3H3. The molecule has 0 spiro atoms. The second-order valence-corrected chi connectivity index (χ2v) is 5.95. The van der Waals surface area contributed by atoms with Crippen LogP contribution >= 0.6 is 0 Å². The normalized spacial score (nSPS) is 37.9. The Morgan fingerprint density at radius 2 is 1.86 bits per heavy atom. The first-order valence-corrected chi connectivity index (χ1v) is 5.91. The first-order valence-electron chi connectivity index (χ1n) is 5.91. The molecular formula is C12H23NO. The third kappa shape index (κ3) is 2.48. The van der Waals surface area contributed by atoms with E-state index < -0.39 is 0 Å². The Kier molecular flexibility index (Phi) is 2.85. The lowest BCUT2D eigenvalue weighted by atomic mass is 9.71. The van der Waals surface area contributed by atoms with E-state index in [-0.39, 0.29) is 0 Å². The fourth-order valence-corrected chi connectivity index (χ4v) is 2.99. The van der Waals surface area contributed by atoms with Crippen LogP contribution < -0.4 is 5.32 Å². The van der Waals surface area contributed by atoms with Crippen LogP contribution in [0, 0.1) is 11.3 Å². The van der Waals surface area contributed by atoms with Crippen LogP contribution in [-0.2, 0) is 4.74 Å². The number of hydrogen-bond donors (Lipinski definition) is 1. The third-order valence-corrected chi connectivity index (χ3v) is 3.48. The first-order chi connectivity index (χ1) is 6.55. The minimum atomic E-state index is 0.486. The zero-order valence-corrected chi connectivity index (χ0v) is 9.68. The van der Waals surface area contributed by atoms with Gasteiger partial charge in [0.1, 0.15) is 0 Å². The maximum Gasteiger partial charge on any atom is 0.0827 e. The number of rotatable bonds is 2. The van der Waals surface area contributed by atoms with Crippen LogP contribution in [0.1, 0.15) is 40.0 Å². The van der Waals surface area contributed by atoms with Gasteiger partial charge < -0.3 is 10.1 Å². The molecule has 1 aliphatic carbocycles. The van der Waals surface area contributed by atoms with Gasteiger partial charge >= 0.3 is 0 Å². The second kappa shape index (κ2) is 3.82. The number of nitrogens with one attached hydrogen (secondary N) is 1. The minimum absolute atomic E-state index is 0.486. The maximum atomic E-state index is 6.07. The summed E-state index contributed by atoms with van der Waals surface area (Å²) >= 11 is 0. The molecule has 1 N–H and O–H groups in total. The van der Waals surface area contributed by atoms with Gasteiger partial charge in [-0.15, -0.1) is 0 Å². The quantitative estimate of drug-likeness (QED) is 0.732. The molecule has 82 valence electrons. The molecule has 2 unspecified atom stereocenters. The van der Waals surface area contributed by atoms with E-state index in [0.29, 0.717) is 17.6 Å². The molecule has 0 bridgehead atoms. The van der Waals surface area contributed by atoms with E-state index in [2.05, 4.69) is 26.1 Å². The molecule has 2 rings (SSSR count). The summed E-state index contributed by atoms with van der Waals surface area (Å²) in [5.74, 6) is 0.830. The van der Waals surface area contributed by atoms with Gasteiger partial charge in [0, 0.05) is 13.1 Å². The highest BCUT2D eigenvalue weighted by atomic mass is 16.5. The van der Waals surface area contributed by atoms with E-state index in [0.717, 1.165) is 19.0 Å². The lowest BCUT2D eigenvalue weighted by molar-refractivity contribution is -0.0816. The Labute approximate surface area is 87.4 Å². The van der Waals surface area contributed by atoms with Crippen molar-refractivity contribution in [2.24, 2.45) is 11.3 Å². The van der Waals surface area contributed by atoms with Gasteiger partial charge in [0.2, 0.25) is 0 Å². The van der Waals surface area contributed by atoms with Crippen molar-refractivity contribution in [3.05, 3.63) is 0 Å². The van der Waals surface area contributed by atoms with Crippen molar-refractivity contribution in [3.63, 3.8) is 0 Å². The van der Waals surface area contributed by atoms with Crippen molar-refractivity contribution < 1.29 is 4.74 Å². The summed E-state index contributed by atoms with van der Waals surface area (Å²) in [6, 6.07) is 0. The van der Waals surface area contributed by atoms with Crippen molar-refractivity contribution in [3.8, 4) is 0 Å². The summed E-state index contributed by atoms with van der Waals surface area (Å²) in [6.07, 6.45) is 4.88. The summed E-state index contributed by atoms with van der Waals surface area (Å²) in [6.45, 7) is 9.23. The maximum absolute atomic E-state index is 6.07. The molecule has 2 atom stereocenters. The molecule has 0 aromatic carbocycles. The smallest absolute Gasteiger partial charge is 0.0827 e. The first kappa shape index (κ1) is 10.4. The second-order valence-electron chi connectivity index (χ2n) is 5.95. The van der Waals surface area contributed by atoms with E-state index in [1.165, 1.54) is 19.3 Å². The Morgan fingerprint density at radius 3 is 2.36 bits per heavy atom. The molecule has 2 heteroatoms. The Bertz CT molecular complexity index is 198. The van der Waals surface area contributed by atoms with E-state index in [1.807, 2.05) is 0 Å². The highest BCUT2D eigenvalue weighted by Crippen LogP contribution is 2.40. The Morgan fingerprint density at radius 1 is 1.14 bits per heavy atom. The zero-order valence-electron chi connectivity index (χ0n) is 9.68. The fraction of sp³-hybridized carbons (Fsp3) is 1.00. The molecular weight excluding hydrogens is 174 g/mol. The van der Waals surface area contributed by atoms with Crippen LogP contribution in [0.3, 0.4) is 0 Å². The molecule has 2 fully saturated rings. The van der Waals surface area contributed by atoms with Gasteiger partial charge in [0.15, 0.2) is 0 Å². The van der Waals surface area contributed by atoms with Crippen molar-refractivity contribution >= 4 is 0 Å². The molecule has 0 aromatic heterocycles. The molecule has 1 saturated carbocycles. The lowest BCUT2D eigenvalue weighted by Crippen LogP contribution is -2.51. The van der Waals surface area contributed by atoms with Crippen LogP contribution in [0.4, 0.5) is 0 Å². The fourth-order valence-electron chi connectivity index (χ4n) is 2.99. The third-order valence-electron chi connectivity index (χ3n) is 3.48. The Hall–Kier alpha value is -0.0800. The zero-order chi connectivity index (χ0) is 10.2. The molecule has 0 radical (unpaired) electrons. The molecule has 1 saturated heterocycles. The van der Waals surface area contributed by atoms with E-state index >= 15 is 0 Å². The number of ether oxygens (including phenoxy) is 1. The average molecular weight is 197 g/mol. The van der Waals surface area contributed by atoms with Gasteiger partial charge in [-0.05, 0) is 30.6 Å². The summed E-state index contributed by atoms with van der Waals surface area (Å²) in [5.41, 5.74) is 0.486. The van der Waals surface area contributed by atoms with Gasteiger partial charge in [-0.3, -0.25) is 0 Å². The largest absolute Gasteiger partial charge is 0.372 e. The van der Waals surface area contributed by atoms with Gasteiger partial charge in [-0.25, -0.2) is 0 Å². The van der Waals surface area contributed by atoms with Crippen LogP contribution in [0.25, 0.3) is 0 Å². The van der Waals surface area contributed by atoms with Crippen molar-refractivity contribution in [2.75, 3.05) is 13.1 Å². The van der Waals surface area contributed by atoms with Gasteiger partial charge in [-0.2, -0.15) is 0 Å². The molecule has 0 aromatic rings. The molecule has 14 heavy (non-hydrogen) atoms. The van der Waals surface area contributed by atoms with Crippen LogP contribution in [-0.4, -0.2) is 25.3 Å². The van der Waals surface area contributed by atoms with Crippen LogP contribution in [0.15, 0.2) is 0 Å². The van der Waals surface area contributed by atoms with E-state index in [9.17, 15) is 0 Å². The summed E-state index contributed by atoms with van der Waals surface area (Å²) in [4.78, 5) is 0. The van der Waals surface area contributed by atoms with Crippen molar-refractivity contribution in [2.45, 2.75) is 52.2 Å². The topological polar surface area (TPSA) is 21.3 Å². The van der Waals surface area contributed by atoms with Gasteiger partial charge in [0.05, 0.1) is 12.2 Å². The average Bonchev–Trinajstić information content (AvgIpc) is 1.92. The van der Waals surface area contributed by atoms with E-state index in [1.54, 1.807) is 0 Å². The predicted octanol–water partition coefficient (Wildman–Crippen LogP) is 2.19. The summed E-state index contributed by atoms with van der Waals surface area (Å²) in [5, 5.41) is 3.26. The van der Waals surface area contributed by atoms with Gasteiger partial charge in [0.25, 0.3) is 0 Å². The summed E-state index contributed by atoms with van der Waals surface area (Å²) in [7, 11) is 0. The van der Waals surface area contributed by atoms with Crippen LogP contribution in [0.2, 0.25) is 0 Å². The minimum Gasteiger partial charge on any atom is -0.372 e. The highest BCUT2D eigenvalue weighted by molar-refractivity contribution is 4.85. The molecule has 2 aliphatic rings. The predicted molar refractivity (Wildman–Crippen MR) is 58.3 cm³/mol. The monoisotopic (exact) mass is 197 g/mol. The van der Waals surface area contributed by atoms with Crippen LogP contribution in [0.5, 0.6) is 0 Å². The van der Waals surface area contributed by atoms with Gasteiger partial charge in [-0.1, -0.05) is 20.8 Å². The number of hydrogen-bond acceptors (Lipinski definition) is 2. The molecule has 1 aliphatic heterocycles. The summed E-state index contributed by atoms with van der Waals surface area (Å²) < 4.78 is 6.07. The molecule has 1 heterocycles.